The predicted molar refractivity (Wildman–Crippen MR) is 76.8 cm³/mol. The Morgan fingerprint density at radius 1 is 1.21 bits per heavy atom. The molecular formula is C16H24FNO. The normalized spacial score (nSPS) is 14.0. The quantitative estimate of drug-likeness (QED) is 0.782. The van der Waals surface area contributed by atoms with Gasteiger partial charge in [0.1, 0.15) is 5.82 Å². The second-order valence-electron chi connectivity index (χ2n) is 5.19. The number of aryl methyl sites for hydroxylation is 1. The zero-order chi connectivity index (χ0) is 14.6. The van der Waals surface area contributed by atoms with Crippen LogP contribution in [-0.2, 0) is 0 Å². The average molecular weight is 265 g/mol. The van der Waals surface area contributed by atoms with Gasteiger partial charge in [0.05, 0.1) is 0 Å². The molecule has 2 nitrogen and oxygen atoms in total. The molecular weight excluding hydrogens is 241 g/mol. The minimum absolute atomic E-state index is 0.0688. The van der Waals surface area contributed by atoms with Crippen molar-refractivity contribution >= 4 is 5.91 Å². The van der Waals surface area contributed by atoms with Gasteiger partial charge in [0, 0.05) is 17.6 Å². The lowest BCUT2D eigenvalue weighted by molar-refractivity contribution is 0.0597. The molecule has 0 fully saturated rings. The number of nitrogens with zero attached hydrogens (tertiary/aromatic N) is 1. The minimum atomic E-state index is -0.359. The fourth-order valence-corrected chi connectivity index (χ4v) is 2.19. The summed E-state index contributed by atoms with van der Waals surface area (Å²) in [5, 5.41) is 0. The first-order valence-corrected chi connectivity index (χ1v) is 7.01. The Balaban J connectivity index is 3.15. The smallest absolute Gasteiger partial charge is 0.254 e. The second-order valence-corrected chi connectivity index (χ2v) is 5.19. The van der Waals surface area contributed by atoms with Crippen molar-refractivity contribution in [2.45, 2.75) is 59.5 Å². The van der Waals surface area contributed by atoms with Crippen molar-refractivity contribution in [3.8, 4) is 0 Å². The third-order valence-electron chi connectivity index (χ3n) is 3.80. The monoisotopic (exact) mass is 265 g/mol. The van der Waals surface area contributed by atoms with Crippen LogP contribution in [0.2, 0.25) is 0 Å². The predicted octanol–water partition coefficient (Wildman–Crippen LogP) is 4.17. The number of hydrogen-bond acceptors (Lipinski definition) is 1. The van der Waals surface area contributed by atoms with Crippen molar-refractivity contribution in [1.82, 2.24) is 4.90 Å². The Kier molecular flexibility index (Phi) is 5.52. The minimum Gasteiger partial charge on any atom is -0.333 e. The number of carbonyl (C=O) groups excluding carboxylic acids is 1. The molecule has 3 heteroatoms. The summed E-state index contributed by atoms with van der Waals surface area (Å²) in [5.41, 5.74) is 1.30. The van der Waals surface area contributed by atoms with Crippen LogP contribution in [-0.4, -0.2) is 22.9 Å². The molecule has 2 atom stereocenters. The molecule has 1 rings (SSSR count). The van der Waals surface area contributed by atoms with Crippen LogP contribution in [0.3, 0.4) is 0 Å². The highest BCUT2D eigenvalue weighted by atomic mass is 19.1. The van der Waals surface area contributed by atoms with Gasteiger partial charge >= 0.3 is 0 Å². The lowest BCUT2D eigenvalue weighted by Gasteiger charge is -2.34. The summed E-state index contributed by atoms with van der Waals surface area (Å²) in [7, 11) is 0. The third kappa shape index (κ3) is 3.55. The van der Waals surface area contributed by atoms with E-state index in [2.05, 4.69) is 13.8 Å². The van der Waals surface area contributed by atoms with Crippen LogP contribution in [0.1, 0.15) is 56.5 Å². The van der Waals surface area contributed by atoms with E-state index in [9.17, 15) is 9.18 Å². The summed E-state index contributed by atoms with van der Waals surface area (Å²) in [4.78, 5) is 14.6. The summed E-state index contributed by atoms with van der Waals surface area (Å²) in [6, 6.07) is 4.71. The molecule has 0 saturated carbocycles. The Labute approximate surface area is 115 Å². The zero-order valence-electron chi connectivity index (χ0n) is 12.5. The molecule has 0 radical (unpaired) electrons. The highest BCUT2D eigenvalue weighted by Crippen LogP contribution is 2.19. The molecule has 0 aliphatic heterocycles. The molecule has 106 valence electrons. The van der Waals surface area contributed by atoms with Crippen LogP contribution in [0.25, 0.3) is 0 Å². The number of benzene rings is 1. The first-order chi connectivity index (χ1) is 8.92. The molecule has 19 heavy (non-hydrogen) atoms. The molecule has 0 saturated heterocycles. The van der Waals surface area contributed by atoms with Crippen molar-refractivity contribution in [2.75, 3.05) is 0 Å². The largest absolute Gasteiger partial charge is 0.333 e. The van der Waals surface area contributed by atoms with Gasteiger partial charge in [0.2, 0.25) is 0 Å². The van der Waals surface area contributed by atoms with Gasteiger partial charge in [-0.15, -0.1) is 0 Å². The van der Waals surface area contributed by atoms with Crippen molar-refractivity contribution < 1.29 is 9.18 Å². The van der Waals surface area contributed by atoms with E-state index < -0.39 is 0 Å². The maximum atomic E-state index is 13.4. The summed E-state index contributed by atoms with van der Waals surface area (Å²) in [5.74, 6) is -0.428. The molecule has 0 bridgehead atoms. The Bertz CT molecular complexity index is 434. The second kappa shape index (κ2) is 6.69. The van der Waals surface area contributed by atoms with Crippen LogP contribution in [0.4, 0.5) is 4.39 Å². The van der Waals surface area contributed by atoms with Gasteiger partial charge in [-0.1, -0.05) is 19.9 Å². The van der Waals surface area contributed by atoms with Gasteiger partial charge in [-0.05, 0) is 51.3 Å². The van der Waals surface area contributed by atoms with Gasteiger partial charge in [-0.25, -0.2) is 4.39 Å². The lowest BCUT2D eigenvalue weighted by atomic mass is 10.0. The van der Waals surface area contributed by atoms with E-state index in [-0.39, 0.29) is 23.8 Å². The van der Waals surface area contributed by atoms with Crippen molar-refractivity contribution in [1.29, 1.82) is 0 Å². The van der Waals surface area contributed by atoms with Crippen LogP contribution in [0, 0.1) is 12.7 Å². The Hall–Kier alpha value is -1.38. The van der Waals surface area contributed by atoms with Crippen molar-refractivity contribution in [3.63, 3.8) is 0 Å². The third-order valence-corrected chi connectivity index (χ3v) is 3.80. The number of hydrogen-bond donors (Lipinski definition) is 0. The molecule has 2 unspecified atom stereocenters. The summed E-state index contributed by atoms with van der Waals surface area (Å²) in [6.45, 7) is 10.0. The number of halogens is 1. The van der Waals surface area contributed by atoms with E-state index in [0.717, 1.165) is 18.4 Å². The van der Waals surface area contributed by atoms with E-state index in [1.54, 1.807) is 6.07 Å². The highest BCUT2D eigenvalue weighted by molar-refractivity contribution is 5.96. The fraction of sp³-hybridized carbons (Fsp3) is 0.562. The first-order valence-electron chi connectivity index (χ1n) is 7.01. The van der Waals surface area contributed by atoms with Crippen LogP contribution in [0.5, 0.6) is 0 Å². The fourth-order valence-electron chi connectivity index (χ4n) is 2.19. The van der Waals surface area contributed by atoms with E-state index in [4.69, 9.17) is 0 Å². The first kappa shape index (κ1) is 15.7. The Morgan fingerprint density at radius 3 is 2.21 bits per heavy atom. The summed E-state index contributed by atoms with van der Waals surface area (Å²) < 4.78 is 13.4. The summed E-state index contributed by atoms with van der Waals surface area (Å²) in [6.07, 6.45) is 1.79. The molecule has 1 aromatic rings. The molecule has 1 aromatic carbocycles. The van der Waals surface area contributed by atoms with Crippen LogP contribution < -0.4 is 0 Å². The van der Waals surface area contributed by atoms with Crippen molar-refractivity contribution in [3.05, 3.63) is 35.1 Å². The topological polar surface area (TPSA) is 20.3 Å². The standard InChI is InChI=1S/C16H24FNO/c1-6-12(4)18(13(5)7-2)16(19)15-10-14(17)9-8-11(15)3/h8-10,12-13H,6-7H2,1-5H3. The number of amides is 1. The van der Waals surface area contributed by atoms with Gasteiger partial charge in [0.15, 0.2) is 0 Å². The van der Waals surface area contributed by atoms with Crippen molar-refractivity contribution in [2.24, 2.45) is 0 Å². The molecule has 0 aliphatic carbocycles. The molecule has 0 N–H and O–H groups in total. The average Bonchev–Trinajstić information content (AvgIpc) is 2.40. The van der Waals surface area contributed by atoms with Gasteiger partial charge in [-0.3, -0.25) is 4.79 Å². The molecule has 0 heterocycles. The van der Waals surface area contributed by atoms with Crippen LogP contribution in [0.15, 0.2) is 18.2 Å². The summed E-state index contributed by atoms with van der Waals surface area (Å²) >= 11 is 0. The van der Waals surface area contributed by atoms with Gasteiger partial charge in [0.25, 0.3) is 5.91 Å². The van der Waals surface area contributed by atoms with E-state index in [0.29, 0.717) is 5.56 Å². The molecule has 0 spiro atoms. The number of rotatable bonds is 5. The highest BCUT2D eigenvalue weighted by Gasteiger charge is 2.25. The molecule has 1 amide bonds. The maximum Gasteiger partial charge on any atom is 0.254 e. The maximum absolute atomic E-state index is 13.4. The zero-order valence-corrected chi connectivity index (χ0v) is 12.5. The number of carbonyl (C=O) groups is 1. The Morgan fingerprint density at radius 2 is 1.74 bits per heavy atom. The van der Waals surface area contributed by atoms with Gasteiger partial charge < -0.3 is 4.90 Å². The lowest BCUT2D eigenvalue weighted by Crippen LogP contribution is -2.44. The molecule has 0 aliphatic rings. The van der Waals surface area contributed by atoms with E-state index in [1.807, 2.05) is 25.7 Å². The van der Waals surface area contributed by atoms with Gasteiger partial charge in [-0.2, -0.15) is 0 Å². The SMILES string of the molecule is CCC(C)N(C(=O)c1cc(F)ccc1C)C(C)CC. The van der Waals surface area contributed by atoms with E-state index >= 15 is 0 Å². The molecule has 0 aromatic heterocycles. The van der Waals surface area contributed by atoms with E-state index in [1.165, 1.54) is 12.1 Å². The van der Waals surface area contributed by atoms with Crippen LogP contribution >= 0.6 is 0 Å².